The van der Waals surface area contributed by atoms with Crippen LogP contribution >= 0.6 is 23.8 Å². The fraction of sp³-hybridized carbons (Fsp3) is 0.333. The van der Waals surface area contributed by atoms with Crippen molar-refractivity contribution >= 4 is 45.5 Å². The molecule has 1 aliphatic heterocycles. The molecule has 2 aromatic carbocycles. The third-order valence-corrected chi connectivity index (χ3v) is 6.19. The Kier molecular flexibility index (Phi) is 7.37. The summed E-state index contributed by atoms with van der Waals surface area (Å²) in [5.41, 5.74) is 1.86. The number of aromatic nitrogens is 1. The molecular formula is C24H26ClN3O4S. The van der Waals surface area contributed by atoms with Crippen LogP contribution in [0.5, 0.6) is 11.5 Å². The van der Waals surface area contributed by atoms with E-state index < -0.39 is 0 Å². The molecule has 2 N–H and O–H groups in total. The van der Waals surface area contributed by atoms with E-state index in [9.17, 15) is 4.79 Å². The summed E-state index contributed by atoms with van der Waals surface area (Å²) in [6.45, 7) is 1.65. The van der Waals surface area contributed by atoms with Gasteiger partial charge < -0.3 is 29.4 Å². The molecule has 1 unspecified atom stereocenters. The van der Waals surface area contributed by atoms with Gasteiger partial charge in [0.15, 0.2) is 16.6 Å². The number of hydrogen-bond acceptors (Lipinski definition) is 5. The first-order valence-corrected chi connectivity index (χ1v) is 11.5. The zero-order chi connectivity index (χ0) is 23.4. The lowest BCUT2D eigenvalue weighted by molar-refractivity contribution is 0.0904. The number of pyridine rings is 1. The number of nitrogens with one attached hydrogen (secondary N) is 2. The Balaban J connectivity index is 1.63. The van der Waals surface area contributed by atoms with Crippen LogP contribution in [-0.2, 0) is 11.3 Å². The van der Waals surface area contributed by atoms with Crippen LogP contribution in [0.4, 0.5) is 5.69 Å². The molecule has 0 aliphatic carbocycles. The Hall–Kier alpha value is -2.81. The maximum atomic E-state index is 12.9. The highest BCUT2D eigenvalue weighted by Crippen LogP contribution is 2.31. The second-order valence-electron chi connectivity index (χ2n) is 7.87. The highest BCUT2D eigenvalue weighted by molar-refractivity contribution is 7.80. The number of rotatable bonds is 7. The number of nitrogens with zero attached hydrogens (tertiary/aromatic N) is 1. The molecule has 4 rings (SSSR count). The Morgan fingerprint density at radius 1 is 1.24 bits per heavy atom. The van der Waals surface area contributed by atoms with Gasteiger partial charge in [0.2, 0.25) is 0 Å². The second kappa shape index (κ2) is 10.4. The molecule has 1 aromatic heterocycles. The van der Waals surface area contributed by atoms with Gasteiger partial charge >= 0.3 is 0 Å². The summed E-state index contributed by atoms with van der Waals surface area (Å²) in [5, 5.41) is 5.19. The predicted molar refractivity (Wildman–Crippen MR) is 135 cm³/mol. The Labute approximate surface area is 202 Å². The van der Waals surface area contributed by atoms with E-state index in [2.05, 4.69) is 10.3 Å². The molecular weight excluding hydrogens is 462 g/mol. The lowest BCUT2D eigenvalue weighted by Gasteiger charge is -2.28. The first-order valence-electron chi connectivity index (χ1n) is 10.7. The Morgan fingerprint density at radius 2 is 2.03 bits per heavy atom. The van der Waals surface area contributed by atoms with E-state index in [1.54, 1.807) is 32.4 Å². The quantitative estimate of drug-likeness (QED) is 0.472. The summed E-state index contributed by atoms with van der Waals surface area (Å²) in [5.74, 6) is 1.15. The molecule has 0 saturated carbocycles. The molecule has 0 bridgehead atoms. The summed E-state index contributed by atoms with van der Waals surface area (Å²) < 4.78 is 16.6. The molecule has 7 nitrogen and oxygen atoms in total. The molecule has 9 heteroatoms. The van der Waals surface area contributed by atoms with Crippen LogP contribution in [0.25, 0.3) is 10.9 Å². The summed E-state index contributed by atoms with van der Waals surface area (Å²) >= 11 is 11.8. The van der Waals surface area contributed by atoms with E-state index in [-0.39, 0.29) is 11.7 Å². The van der Waals surface area contributed by atoms with E-state index in [1.807, 2.05) is 29.2 Å². The van der Waals surface area contributed by atoms with E-state index in [0.717, 1.165) is 30.5 Å². The smallest absolute Gasteiger partial charge is 0.253 e. The van der Waals surface area contributed by atoms with Crippen molar-refractivity contribution in [1.29, 1.82) is 0 Å². The van der Waals surface area contributed by atoms with Crippen LogP contribution in [0.15, 0.2) is 47.3 Å². The molecule has 33 heavy (non-hydrogen) atoms. The fourth-order valence-corrected chi connectivity index (χ4v) is 4.37. The zero-order valence-corrected chi connectivity index (χ0v) is 20.1. The van der Waals surface area contributed by atoms with Gasteiger partial charge in [-0.2, -0.15) is 0 Å². The van der Waals surface area contributed by atoms with Gasteiger partial charge in [-0.05, 0) is 55.4 Å². The van der Waals surface area contributed by atoms with Crippen LogP contribution in [0.1, 0.15) is 18.4 Å². The van der Waals surface area contributed by atoms with Crippen molar-refractivity contribution in [2.24, 2.45) is 0 Å². The summed E-state index contributed by atoms with van der Waals surface area (Å²) in [6, 6.07) is 12.8. The molecule has 1 atom stereocenters. The lowest BCUT2D eigenvalue weighted by Crippen LogP contribution is -2.40. The molecule has 0 spiro atoms. The molecule has 0 amide bonds. The van der Waals surface area contributed by atoms with Crippen molar-refractivity contribution in [2.75, 3.05) is 32.7 Å². The summed E-state index contributed by atoms with van der Waals surface area (Å²) in [7, 11) is 3.15. The van der Waals surface area contributed by atoms with Gasteiger partial charge in [-0.1, -0.05) is 17.7 Å². The van der Waals surface area contributed by atoms with Crippen LogP contribution in [0, 0.1) is 0 Å². The number of fused-ring (bicyclic) bond motifs is 1. The van der Waals surface area contributed by atoms with E-state index in [0.29, 0.717) is 45.8 Å². The van der Waals surface area contributed by atoms with Crippen molar-refractivity contribution in [3.05, 3.63) is 63.4 Å². The van der Waals surface area contributed by atoms with Crippen LogP contribution in [0.2, 0.25) is 5.02 Å². The standard InChI is InChI=1S/C24H26ClN3O4S/c1-30-21-10-15-9-16(23(29)27-20(15)12-22(21)31-2)13-28(14-19-7-4-8-32-19)24(33)26-18-6-3-5-17(25)11-18/h3,5-6,9-12,19H,4,7-8,13-14H2,1-2H3,(H,26,33)(H,27,29). The third-order valence-electron chi connectivity index (χ3n) is 5.60. The fourth-order valence-electron chi connectivity index (χ4n) is 3.92. The van der Waals surface area contributed by atoms with Crippen LogP contribution in [0.3, 0.4) is 0 Å². The van der Waals surface area contributed by atoms with Crippen molar-refractivity contribution in [1.82, 2.24) is 9.88 Å². The van der Waals surface area contributed by atoms with Gasteiger partial charge in [0.1, 0.15) is 0 Å². The zero-order valence-electron chi connectivity index (χ0n) is 18.5. The molecule has 1 aliphatic rings. The largest absolute Gasteiger partial charge is 0.493 e. The van der Waals surface area contributed by atoms with Crippen LogP contribution < -0.4 is 20.3 Å². The normalized spacial score (nSPS) is 15.4. The minimum Gasteiger partial charge on any atom is -0.493 e. The minimum absolute atomic E-state index is 0.0630. The van der Waals surface area contributed by atoms with Gasteiger partial charge in [-0.15, -0.1) is 0 Å². The minimum atomic E-state index is -0.183. The average molecular weight is 488 g/mol. The first kappa shape index (κ1) is 23.4. The number of ether oxygens (including phenoxy) is 3. The molecule has 1 saturated heterocycles. The SMILES string of the molecule is COc1cc2cc(CN(CC3CCCO3)C(=S)Nc3cccc(Cl)c3)c(=O)[nH]c2cc1OC. The summed E-state index contributed by atoms with van der Waals surface area (Å²) in [6.07, 6.45) is 2.04. The van der Waals surface area contributed by atoms with E-state index >= 15 is 0 Å². The molecule has 174 valence electrons. The number of anilines is 1. The van der Waals surface area contributed by atoms with Gasteiger partial charge in [0.25, 0.3) is 5.56 Å². The number of halogens is 1. The lowest BCUT2D eigenvalue weighted by atomic mass is 10.1. The maximum Gasteiger partial charge on any atom is 0.253 e. The number of thiocarbonyl (C=S) groups is 1. The number of H-pyrrole nitrogens is 1. The Morgan fingerprint density at radius 3 is 2.73 bits per heavy atom. The van der Waals surface area contributed by atoms with Crippen molar-refractivity contribution < 1.29 is 14.2 Å². The van der Waals surface area contributed by atoms with E-state index in [4.69, 9.17) is 38.0 Å². The molecule has 1 fully saturated rings. The van der Waals surface area contributed by atoms with Crippen molar-refractivity contribution in [2.45, 2.75) is 25.5 Å². The van der Waals surface area contributed by atoms with Crippen molar-refractivity contribution in [3.8, 4) is 11.5 Å². The van der Waals surface area contributed by atoms with Crippen molar-refractivity contribution in [3.63, 3.8) is 0 Å². The predicted octanol–water partition coefficient (Wildman–Crippen LogP) is 4.58. The Bertz CT molecular complexity index is 1210. The highest BCUT2D eigenvalue weighted by atomic mass is 35.5. The molecule has 3 aromatic rings. The third kappa shape index (κ3) is 5.58. The van der Waals surface area contributed by atoms with Gasteiger partial charge in [0, 0.05) is 40.9 Å². The van der Waals surface area contributed by atoms with Gasteiger partial charge in [-0.3, -0.25) is 4.79 Å². The monoisotopic (exact) mass is 487 g/mol. The topological polar surface area (TPSA) is 75.8 Å². The number of hydrogen-bond donors (Lipinski definition) is 2. The van der Waals surface area contributed by atoms with Gasteiger partial charge in [0.05, 0.1) is 32.4 Å². The van der Waals surface area contributed by atoms with E-state index in [1.165, 1.54) is 0 Å². The maximum absolute atomic E-state index is 12.9. The first-order chi connectivity index (χ1) is 16.0. The summed E-state index contributed by atoms with van der Waals surface area (Å²) in [4.78, 5) is 17.8. The number of benzene rings is 2. The van der Waals surface area contributed by atoms with Crippen LogP contribution in [-0.4, -0.2) is 48.5 Å². The second-order valence-corrected chi connectivity index (χ2v) is 8.70. The molecule has 0 radical (unpaired) electrons. The molecule has 2 heterocycles. The number of aromatic amines is 1. The average Bonchev–Trinajstić information content (AvgIpc) is 3.31. The highest BCUT2D eigenvalue weighted by Gasteiger charge is 2.22. The number of methoxy groups -OCH3 is 2. The van der Waals surface area contributed by atoms with Gasteiger partial charge in [-0.25, -0.2) is 0 Å².